The molecule has 170 valence electrons. The van der Waals surface area contributed by atoms with Crippen LogP contribution in [0.15, 0.2) is 66.9 Å². The summed E-state index contributed by atoms with van der Waals surface area (Å²) in [5.74, 6) is 0.412. The summed E-state index contributed by atoms with van der Waals surface area (Å²) in [6.07, 6.45) is 3.10. The molecular weight excluding hydrogens is 423 g/mol. The third kappa shape index (κ3) is 6.29. The SMILES string of the molecule is O=C(NCc1cccc(CN2CCCC2=O)c1)NCc1cccnc1Oc1cccc(F)c1. The van der Waals surface area contributed by atoms with Crippen molar-refractivity contribution in [3.63, 3.8) is 0 Å². The highest BCUT2D eigenvalue weighted by Gasteiger charge is 2.20. The zero-order valence-corrected chi connectivity index (χ0v) is 18.1. The number of amides is 3. The molecule has 3 amide bonds. The van der Waals surface area contributed by atoms with Gasteiger partial charge in [-0.1, -0.05) is 36.4 Å². The Balaban J connectivity index is 1.29. The van der Waals surface area contributed by atoms with Crippen molar-refractivity contribution in [3.05, 3.63) is 89.4 Å². The van der Waals surface area contributed by atoms with Gasteiger partial charge in [0.1, 0.15) is 11.6 Å². The van der Waals surface area contributed by atoms with Crippen molar-refractivity contribution in [1.29, 1.82) is 0 Å². The number of halogens is 1. The van der Waals surface area contributed by atoms with E-state index in [0.29, 0.717) is 36.7 Å². The van der Waals surface area contributed by atoms with Gasteiger partial charge in [-0.3, -0.25) is 4.79 Å². The van der Waals surface area contributed by atoms with Gasteiger partial charge in [0, 0.05) is 50.4 Å². The van der Waals surface area contributed by atoms with Crippen LogP contribution in [0, 0.1) is 5.82 Å². The van der Waals surface area contributed by atoms with Gasteiger partial charge in [0.15, 0.2) is 0 Å². The number of ether oxygens (including phenoxy) is 1. The number of hydrogen-bond donors (Lipinski definition) is 2. The van der Waals surface area contributed by atoms with Gasteiger partial charge in [-0.25, -0.2) is 14.2 Å². The van der Waals surface area contributed by atoms with Crippen LogP contribution in [0.5, 0.6) is 11.6 Å². The number of pyridine rings is 1. The van der Waals surface area contributed by atoms with Gasteiger partial charge in [0.05, 0.1) is 0 Å². The second kappa shape index (κ2) is 10.6. The number of benzene rings is 2. The van der Waals surface area contributed by atoms with Gasteiger partial charge in [-0.2, -0.15) is 0 Å². The van der Waals surface area contributed by atoms with Crippen LogP contribution in [-0.2, 0) is 24.4 Å². The molecule has 1 aliphatic heterocycles. The van der Waals surface area contributed by atoms with Crippen molar-refractivity contribution < 1.29 is 18.7 Å². The molecule has 0 saturated carbocycles. The van der Waals surface area contributed by atoms with Crippen molar-refractivity contribution in [1.82, 2.24) is 20.5 Å². The fraction of sp³-hybridized carbons (Fsp3) is 0.240. The van der Waals surface area contributed by atoms with E-state index in [2.05, 4.69) is 15.6 Å². The Morgan fingerprint density at radius 2 is 1.85 bits per heavy atom. The van der Waals surface area contributed by atoms with Crippen LogP contribution in [0.3, 0.4) is 0 Å². The quantitative estimate of drug-likeness (QED) is 0.543. The summed E-state index contributed by atoms with van der Waals surface area (Å²) in [6, 6.07) is 16.8. The van der Waals surface area contributed by atoms with E-state index in [4.69, 9.17) is 4.74 Å². The minimum absolute atomic E-state index is 0.189. The van der Waals surface area contributed by atoms with Gasteiger partial charge in [-0.05, 0) is 35.7 Å². The fourth-order valence-corrected chi connectivity index (χ4v) is 3.64. The van der Waals surface area contributed by atoms with E-state index in [9.17, 15) is 14.0 Å². The molecule has 0 bridgehead atoms. The monoisotopic (exact) mass is 448 g/mol. The number of carbonyl (C=O) groups is 2. The Bertz CT molecular complexity index is 1140. The van der Waals surface area contributed by atoms with Gasteiger partial charge >= 0.3 is 6.03 Å². The van der Waals surface area contributed by atoms with E-state index in [1.54, 1.807) is 30.5 Å². The Morgan fingerprint density at radius 3 is 2.67 bits per heavy atom. The molecule has 7 nitrogen and oxygen atoms in total. The lowest BCUT2D eigenvalue weighted by Gasteiger charge is -2.16. The summed E-state index contributed by atoms with van der Waals surface area (Å²) < 4.78 is 19.1. The molecule has 8 heteroatoms. The number of likely N-dealkylation sites (tertiary alicyclic amines) is 1. The first-order valence-corrected chi connectivity index (χ1v) is 10.8. The van der Waals surface area contributed by atoms with Gasteiger partial charge in [-0.15, -0.1) is 0 Å². The maximum absolute atomic E-state index is 13.4. The topological polar surface area (TPSA) is 83.6 Å². The molecule has 0 radical (unpaired) electrons. The van der Waals surface area contributed by atoms with E-state index in [1.165, 1.54) is 12.1 Å². The summed E-state index contributed by atoms with van der Waals surface area (Å²) >= 11 is 0. The molecule has 0 unspecified atom stereocenters. The molecule has 3 aromatic rings. The number of aromatic nitrogens is 1. The molecular formula is C25H25FN4O3. The number of hydrogen-bond acceptors (Lipinski definition) is 4. The maximum atomic E-state index is 13.4. The molecule has 0 spiro atoms. The molecule has 2 aromatic carbocycles. The summed E-state index contributed by atoms with van der Waals surface area (Å²) in [4.78, 5) is 30.2. The molecule has 1 aromatic heterocycles. The Morgan fingerprint density at radius 1 is 1.03 bits per heavy atom. The molecule has 2 N–H and O–H groups in total. The van der Waals surface area contributed by atoms with Crippen molar-refractivity contribution in [2.75, 3.05) is 6.54 Å². The zero-order chi connectivity index (χ0) is 23.0. The van der Waals surface area contributed by atoms with E-state index in [0.717, 1.165) is 24.1 Å². The standard InChI is InChI=1S/C25H25FN4O3/c26-21-8-2-9-22(14-21)33-24-20(7-3-11-27-24)16-29-25(32)28-15-18-5-1-6-19(13-18)17-30-12-4-10-23(30)31/h1-3,5-9,11,13-14H,4,10,12,15-17H2,(H2,28,29,32). The summed E-state index contributed by atoms with van der Waals surface area (Å²) in [7, 11) is 0. The predicted octanol–water partition coefficient (Wildman–Crippen LogP) is 4.13. The third-order valence-corrected chi connectivity index (χ3v) is 5.29. The molecule has 0 atom stereocenters. The van der Waals surface area contributed by atoms with E-state index >= 15 is 0 Å². The van der Waals surface area contributed by atoms with Gasteiger partial charge in [0.2, 0.25) is 11.8 Å². The maximum Gasteiger partial charge on any atom is 0.315 e. The lowest BCUT2D eigenvalue weighted by atomic mass is 10.1. The highest BCUT2D eigenvalue weighted by molar-refractivity contribution is 5.78. The lowest BCUT2D eigenvalue weighted by Crippen LogP contribution is -2.34. The van der Waals surface area contributed by atoms with Crippen LogP contribution in [0.1, 0.15) is 29.5 Å². The highest BCUT2D eigenvalue weighted by atomic mass is 19.1. The van der Waals surface area contributed by atoms with Crippen LogP contribution in [-0.4, -0.2) is 28.4 Å². The second-order valence-corrected chi connectivity index (χ2v) is 7.80. The minimum Gasteiger partial charge on any atom is -0.439 e. The van der Waals surface area contributed by atoms with E-state index in [1.807, 2.05) is 29.2 Å². The Kier molecular flexibility index (Phi) is 7.14. The normalized spacial score (nSPS) is 13.1. The molecule has 1 fully saturated rings. The second-order valence-electron chi connectivity index (χ2n) is 7.80. The van der Waals surface area contributed by atoms with Crippen LogP contribution in [0.25, 0.3) is 0 Å². The van der Waals surface area contributed by atoms with Gasteiger partial charge in [0.25, 0.3) is 0 Å². The third-order valence-electron chi connectivity index (χ3n) is 5.29. The summed E-state index contributed by atoms with van der Waals surface area (Å²) in [6.45, 7) is 1.94. The number of urea groups is 1. The first-order chi connectivity index (χ1) is 16.1. The van der Waals surface area contributed by atoms with Gasteiger partial charge < -0.3 is 20.3 Å². The first-order valence-electron chi connectivity index (χ1n) is 10.8. The Labute approximate surface area is 191 Å². The zero-order valence-electron chi connectivity index (χ0n) is 18.1. The molecule has 33 heavy (non-hydrogen) atoms. The Hall–Kier alpha value is -3.94. The first kappa shape index (κ1) is 22.3. The van der Waals surface area contributed by atoms with Crippen LogP contribution in [0.2, 0.25) is 0 Å². The van der Waals surface area contributed by atoms with Crippen molar-refractivity contribution >= 4 is 11.9 Å². The lowest BCUT2D eigenvalue weighted by molar-refractivity contribution is -0.128. The number of rotatable bonds is 8. The van der Waals surface area contributed by atoms with E-state index < -0.39 is 5.82 Å². The molecule has 4 rings (SSSR count). The predicted molar refractivity (Wildman–Crippen MR) is 121 cm³/mol. The highest BCUT2D eigenvalue weighted by Crippen LogP contribution is 2.23. The fourth-order valence-electron chi connectivity index (χ4n) is 3.64. The minimum atomic E-state index is -0.404. The summed E-state index contributed by atoms with van der Waals surface area (Å²) in [5, 5.41) is 5.62. The number of nitrogens with zero attached hydrogens (tertiary/aromatic N) is 2. The van der Waals surface area contributed by atoms with Crippen LogP contribution < -0.4 is 15.4 Å². The van der Waals surface area contributed by atoms with Crippen LogP contribution >= 0.6 is 0 Å². The largest absolute Gasteiger partial charge is 0.439 e. The molecule has 0 aliphatic carbocycles. The summed E-state index contributed by atoms with van der Waals surface area (Å²) in [5.41, 5.74) is 2.65. The average Bonchev–Trinajstić information content (AvgIpc) is 3.21. The van der Waals surface area contributed by atoms with Crippen molar-refractivity contribution in [3.8, 4) is 11.6 Å². The number of nitrogens with one attached hydrogen (secondary N) is 2. The molecule has 2 heterocycles. The van der Waals surface area contributed by atoms with Crippen molar-refractivity contribution in [2.24, 2.45) is 0 Å². The molecule has 1 saturated heterocycles. The molecule has 1 aliphatic rings. The smallest absolute Gasteiger partial charge is 0.315 e. The van der Waals surface area contributed by atoms with Crippen molar-refractivity contribution in [2.45, 2.75) is 32.5 Å². The van der Waals surface area contributed by atoms with E-state index in [-0.39, 0.29) is 18.5 Å². The van der Waals surface area contributed by atoms with Crippen LogP contribution in [0.4, 0.5) is 9.18 Å². The average molecular weight is 448 g/mol. The number of carbonyl (C=O) groups excluding carboxylic acids is 2.